The van der Waals surface area contributed by atoms with Crippen molar-refractivity contribution in [2.24, 2.45) is 0 Å². The monoisotopic (exact) mass is 281 g/mol. The normalized spacial score (nSPS) is 11.2. The minimum atomic E-state index is 0.299. The fourth-order valence-corrected chi connectivity index (χ4v) is 2.11. The largest absolute Gasteiger partial charge is 0.440 e. The van der Waals surface area contributed by atoms with Gasteiger partial charge in [0.2, 0.25) is 0 Å². The minimum absolute atomic E-state index is 0.299. The van der Waals surface area contributed by atoms with Crippen molar-refractivity contribution in [3.8, 4) is 0 Å². The topological polar surface area (TPSA) is 51.0 Å². The lowest BCUT2D eigenvalue weighted by Gasteiger charge is -2.06. The van der Waals surface area contributed by atoms with Gasteiger partial charge < -0.3 is 9.73 Å². The van der Waals surface area contributed by atoms with E-state index in [0.717, 1.165) is 40.5 Å². The Labute approximate surface area is 124 Å². The van der Waals surface area contributed by atoms with E-state index >= 15 is 0 Å². The summed E-state index contributed by atoms with van der Waals surface area (Å²) >= 11 is 0. The molecule has 0 aliphatic carbocycles. The quantitative estimate of drug-likeness (QED) is 0.776. The van der Waals surface area contributed by atoms with Crippen LogP contribution in [0.5, 0.6) is 0 Å². The summed E-state index contributed by atoms with van der Waals surface area (Å²) in [5.41, 5.74) is 4.95. The van der Waals surface area contributed by atoms with E-state index in [2.05, 4.69) is 35.2 Å². The number of hydrogen-bond acceptors (Lipinski definition) is 4. The minimum Gasteiger partial charge on any atom is -0.440 e. The Kier molecular flexibility index (Phi) is 3.60. The van der Waals surface area contributed by atoms with Crippen LogP contribution in [-0.2, 0) is 6.54 Å². The SMILES string of the molecule is Cc1ccc(CNc2ccc3oc(C(C)C)nc3c2)cn1. The van der Waals surface area contributed by atoms with E-state index < -0.39 is 0 Å². The zero-order valence-electron chi connectivity index (χ0n) is 12.6. The van der Waals surface area contributed by atoms with E-state index in [4.69, 9.17) is 4.42 Å². The fourth-order valence-electron chi connectivity index (χ4n) is 2.11. The average molecular weight is 281 g/mol. The van der Waals surface area contributed by atoms with E-state index in [9.17, 15) is 0 Å². The van der Waals surface area contributed by atoms with E-state index in [0.29, 0.717) is 5.92 Å². The summed E-state index contributed by atoms with van der Waals surface area (Å²) in [7, 11) is 0. The molecule has 0 aliphatic rings. The molecule has 0 saturated carbocycles. The predicted molar refractivity (Wildman–Crippen MR) is 84.4 cm³/mol. The van der Waals surface area contributed by atoms with Crippen molar-refractivity contribution in [2.45, 2.75) is 33.2 Å². The molecule has 2 heterocycles. The van der Waals surface area contributed by atoms with Crippen LogP contribution in [0.2, 0.25) is 0 Å². The van der Waals surface area contributed by atoms with Crippen molar-refractivity contribution in [1.29, 1.82) is 0 Å². The first kappa shape index (κ1) is 13.6. The molecule has 4 nitrogen and oxygen atoms in total. The first-order valence-corrected chi connectivity index (χ1v) is 7.18. The van der Waals surface area contributed by atoms with E-state index in [1.54, 1.807) is 0 Å². The second kappa shape index (κ2) is 5.56. The zero-order valence-corrected chi connectivity index (χ0v) is 12.6. The number of benzene rings is 1. The summed E-state index contributed by atoms with van der Waals surface area (Å²) in [4.78, 5) is 8.82. The highest BCUT2D eigenvalue weighted by Crippen LogP contribution is 2.23. The van der Waals surface area contributed by atoms with Crippen molar-refractivity contribution in [3.63, 3.8) is 0 Å². The molecule has 0 bridgehead atoms. The van der Waals surface area contributed by atoms with Gasteiger partial charge in [-0.05, 0) is 36.8 Å². The molecule has 1 N–H and O–H groups in total. The zero-order chi connectivity index (χ0) is 14.8. The number of oxazole rings is 1. The van der Waals surface area contributed by atoms with Crippen LogP contribution in [0.3, 0.4) is 0 Å². The number of nitrogens with one attached hydrogen (secondary N) is 1. The molecule has 0 spiro atoms. The van der Waals surface area contributed by atoms with Crippen LogP contribution < -0.4 is 5.32 Å². The van der Waals surface area contributed by atoms with Crippen molar-refractivity contribution in [2.75, 3.05) is 5.32 Å². The maximum absolute atomic E-state index is 5.71. The summed E-state index contributed by atoms with van der Waals surface area (Å²) in [6, 6.07) is 10.1. The second-order valence-corrected chi connectivity index (χ2v) is 5.55. The van der Waals surface area contributed by atoms with Gasteiger partial charge in [-0.2, -0.15) is 0 Å². The summed E-state index contributed by atoms with van der Waals surface area (Å²) in [5, 5.41) is 3.39. The van der Waals surface area contributed by atoms with Crippen molar-refractivity contribution < 1.29 is 4.42 Å². The lowest BCUT2D eigenvalue weighted by atomic mass is 10.2. The number of fused-ring (bicyclic) bond motifs is 1. The van der Waals surface area contributed by atoms with Crippen molar-refractivity contribution in [3.05, 3.63) is 53.7 Å². The Bertz CT molecular complexity index is 744. The molecule has 3 aromatic rings. The van der Waals surface area contributed by atoms with Crippen LogP contribution in [0, 0.1) is 6.92 Å². The summed E-state index contributed by atoms with van der Waals surface area (Å²) in [5.74, 6) is 1.08. The number of aromatic nitrogens is 2. The van der Waals surface area contributed by atoms with Crippen LogP contribution in [0.25, 0.3) is 11.1 Å². The Balaban J connectivity index is 1.76. The first-order valence-electron chi connectivity index (χ1n) is 7.18. The Morgan fingerprint density at radius 1 is 1.19 bits per heavy atom. The van der Waals surface area contributed by atoms with Gasteiger partial charge in [0.05, 0.1) is 0 Å². The third-order valence-electron chi connectivity index (χ3n) is 3.37. The van der Waals surface area contributed by atoms with Crippen LogP contribution in [-0.4, -0.2) is 9.97 Å². The van der Waals surface area contributed by atoms with Gasteiger partial charge in [-0.1, -0.05) is 19.9 Å². The van der Waals surface area contributed by atoms with Crippen LogP contribution in [0.1, 0.15) is 36.9 Å². The second-order valence-electron chi connectivity index (χ2n) is 5.55. The van der Waals surface area contributed by atoms with Gasteiger partial charge in [0.25, 0.3) is 0 Å². The third-order valence-corrected chi connectivity index (χ3v) is 3.37. The van der Waals surface area contributed by atoms with E-state index in [1.165, 1.54) is 0 Å². The van der Waals surface area contributed by atoms with Gasteiger partial charge in [-0.25, -0.2) is 4.98 Å². The standard InChI is InChI=1S/C17H19N3O/c1-11(2)17-20-15-8-14(6-7-16(15)21-17)19-10-13-5-4-12(3)18-9-13/h4-9,11,19H,10H2,1-3H3. The molecular weight excluding hydrogens is 262 g/mol. The molecular formula is C17H19N3O. The highest BCUT2D eigenvalue weighted by Gasteiger charge is 2.09. The van der Waals surface area contributed by atoms with Gasteiger partial charge in [0.1, 0.15) is 5.52 Å². The van der Waals surface area contributed by atoms with Crippen LogP contribution in [0.4, 0.5) is 5.69 Å². The van der Waals surface area contributed by atoms with Crippen LogP contribution in [0.15, 0.2) is 40.9 Å². The molecule has 2 aromatic heterocycles. The molecule has 3 rings (SSSR count). The Hall–Kier alpha value is -2.36. The maximum atomic E-state index is 5.71. The lowest BCUT2D eigenvalue weighted by molar-refractivity contribution is 0.501. The summed E-state index contributed by atoms with van der Waals surface area (Å²) < 4.78 is 5.71. The molecule has 0 amide bonds. The summed E-state index contributed by atoms with van der Waals surface area (Å²) in [6.07, 6.45) is 1.90. The number of anilines is 1. The Morgan fingerprint density at radius 2 is 2.05 bits per heavy atom. The van der Waals surface area contributed by atoms with Gasteiger partial charge in [0, 0.05) is 30.0 Å². The highest BCUT2D eigenvalue weighted by atomic mass is 16.3. The highest BCUT2D eigenvalue weighted by molar-refractivity contribution is 5.77. The fraction of sp³-hybridized carbons (Fsp3) is 0.294. The predicted octanol–water partition coefficient (Wildman–Crippen LogP) is 4.27. The molecule has 0 fully saturated rings. The average Bonchev–Trinajstić information content (AvgIpc) is 2.90. The molecule has 0 radical (unpaired) electrons. The molecule has 0 aliphatic heterocycles. The van der Waals surface area contributed by atoms with Crippen molar-refractivity contribution in [1.82, 2.24) is 9.97 Å². The van der Waals surface area contributed by atoms with Crippen LogP contribution >= 0.6 is 0 Å². The molecule has 0 saturated heterocycles. The Morgan fingerprint density at radius 3 is 2.76 bits per heavy atom. The molecule has 4 heteroatoms. The molecule has 0 unspecified atom stereocenters. The first-order chi connectivity index (χ1) is 10.1. The number of nitrogens with zero attached hydrogens (tertiary/aromatic N) is 2. The molecule has 1 aromatic carbocycles. The number of hydrogen-bond donors (Lipinski definition) is 1. The number of rotatable bonds is 4. The maximum Gasteiger partial charge on any atom is 0.198 e. The molecule has 21 heavy (non-hydrogen) atoms. The third kappa shape index (κ3) is 3.05. The van der Waals surface area contributed by atoms with E-state index in [-0.39, 0.29) is 0 Å². The van der Waals surface area contributed by atoms with Gasteiger partial charge >= 0.3 is 0 Å². The number of pyridine rings is 1. The summed E-state index contributed by atoms with van der Waals surface area (Å²) in [6.45, 7) is 6.89. The molecule has 0 atom stereocenters. The number of aryl methyl sites for hydroxylation is 1. The smallest absolute Gasteiger partial charge is 0.198 e. The van der Waals surface area contributed by atoms with Gasteiger partial charge in [0.15, 0.2) is 11.5 Å². The van der Waals surface area contributed by atoms with Crippen molar-refractivity contribution >= 4 is 16.8 Å². The molecule has 108 valence electrons. The lowest BCUT2D eigenvalue weighted by Crippen LogP contribution is -1.99. The van der Waals surface area contributed by atoms with Gasteiger partial charge in [-0.3, -0.25) is 4.98 Å². The van der Waals surface area contributed by atoms with Gasteiger partial charge in [-0.15, -0.1) is 0 Å². The van der Waals surface area contributed by atoms with E-state index in [1.807, 2.05) is 37.4 Å².